The minimum absolute atomic E-state index is 0.0836. The fourth-order valence-electron chi connectivity index (χ4n) is 3.23. The van der Waals surface area contributed by atoms with E-state index in [9.17, 15) is 4.79 Å². The highest BCUT2D eigenvalue weighted by Gasteiger charge is 2.53. The average molecular weight is 347 g/mol. The maximum absolute atomic E-state index is 12.2. The smallest absolute Gasteiger partial charge is 0.243 e. The number of rotatable bonds is 3. The summed E-state index contributed by atoms with van der Waals surface area (Å²) in [5.41, 5.74) is 3.68. The summed E-state index contributed by atoms with van der Waals surface area (Å²) in [6.07, 6.45) is 10.7. The topological polar surface area (TPSA) is 41.5 Å². The Morgan fingerprint density at radius 2 is 1.76 bits per heavy atom. The Kier molecular flexibility index (Phi) is 4.54. The van der Waals surface area contributed by atoms with Crippen molar-refractivity contribution in [3.8, 4) is 0 Å². The molecule has 0 aromatic heterocycles. The van der Waals surface area contributed by atoms with Gasteiger partial charge in [0.2, 0.25) is 5.91 Å². The second-order valence-electron chi connectivity index (χ2n) is 5.77. The molecular weight excluding hydrogens is 328 g/mol. The van der Waals surface area contributed by atoms with Crippen molar-refractivity contribution in [1.82, 2.24) is 5.43 Å². The van der Waals surface area contributed by atoms with E-state index >= 15 is 0 Å². The maximum atomic E-state index is 12.2. The molecule has 3 nitrogen and oxygen atoms in total. The molecule has 1 amide bonds. The maximum Gasteiger partial charge on any atom is 0.243 e. The summed E-state index contributed by atoms with van der Waals surface area (Å²) in [5, 5.41) is 4.08. The minimum atomic E-state index is 0.0836. The number of fused-ring (bicyclic) bond motifs is 1. The van der Waals surface area contributed by atoms with Crippen molar-refractivity contribution >= 4 is 28.1 Å². The quantitative estimate of drug-likeness (QED) is 0.503. The molecule has 0 bridgehead atoms. The monoisotopic (exact) mass is 346 g/mol. The number of nitrogens with zero attached hydrogens (tertiary/aromatic N) is 1. The SMILES string of the molecule is O=C(N/N=C\c1ccc(Br)cc1)C1[C@@H]2CCC=CCC[C@@H]12. The summed E-state index contributed by atoms with van der Waals surface area (Å²) in [7, 11) is 0. The van der Waals surface area contributed by atoms with Gasteiger partial charge < -0.3 is 0 Å². The van der Waals surface area contributed by atoms with E-state index in [2.05, 4.69) is 38.6 Å². The molecule has 0 heterocycles. The van der Waals surface area contributed by atoms with Crippen LogP contribution in [0.25, 0.3) is 0 Å². The van der Waals surface area contributed by atoms with Gasteiger partial charge in [-0.3, -0.25) is 4.79 Å². The minimum Gasteiger partial charge on any atom is -0.273 e. The second kappa shape index (κ2) is 6.56. The van der Waals surface area contributed by atoms with Gasteiger partial charge in [-0.25, -0.2) is 5.43 Å². The molecule has 0 radical (unpaired) electrons. The Labute approximate surface area is 133 Å². The molecule has 1 saturated carbocycles. The van der Waals surface area contributed by atoms with Crippen molar-refractivity contribution in [2.24, 2.45) is 22.9 Å². The summed E-state index contributed by atoms with van der Waals surface area (Å²) in [6, 6.07) is 7.82. The highest BCUT2D eigenvalue weighted by atomic mass is 79.9. The molecule has 1 N–H and O–H groups in total. The number of hydrogen-bond acceptors (Lipinski definition) is 2. The molecule has 0 spiro atoms. The Balaban J connectivity index is 1.52. The van der Waals surface area contributed by atoms with Crippen LogP contribution in [0.15, 0.2) is 46.0 Å². The van der Waals surface area contributed by atoms with Crippen LogP contribution in [0.2, 0.25) is 0 Å². The molecule has 0 saturated heterocycles. The van der Waals surface area contributed by atoms with Crippen molar-refractivity contribution in [3.05, 3.63) is 46.5 Å². The van der Waals surface area contributed by atoms with E-state index in [4.69, 9.17) is 0 Å². The van der Waals surface area contributed by atoms with Crippen molar-refractivity contribution in [2.75, 3.05) is 0 Å². The number of hydrogen-bond donors (Lipinski definition) is 1. The zero-order valence-corrected chi connectivity index (χ0v) is 13.4. The van der Waals surface area contributed by atoms with Gasteiger partial charge in [0.05, 0.1) is 6.21 Å². The number of carbonyl (C=O) groups is 1. The first kappa shape index (κ1) is 14.5. The van der Waals surface area contributed by atoms with Gasteiger partial charge in [-0.1, -0.05) is 40.2 Å². The summed E-state index contributed by atoms with van der Waals surface area (Å²) in [6.45, 7) is 0. The zero-order valence-electron chi connectivity index (χ0n) is 11.8. The van der Waals surface area contributed by atoms with E-state index in [1.165, 1.54) is 0 Å². The first-order valence-electron chi connectivity index (χ1n) is 7.49. The number of hydrazone groups is 1. The van der Waals surface area contributed by atoms with E-state index in [1.807, 2.05) is 24.3 Å². The Morgan fingerprint density at radius 3 is 2.38 bits per heavy atom. The molecule has 110 valence electrons. The van der Waals surface area contributed by atoms with Crippen LogP contribution in [0.5, 0.6) is 0 Å². The molecule has 4 heteroatoms. The first-order valence-corrected chi connectivity index (χ1v) is 8.28. The Hall–Kier alpha value is -1.42. The molecule has 2 aliphatic carbocycles. The average Bonchev–Trinajstić information content (AvgIpc) is 3.12. The van der Waals surface area contributed by atoms with Crippen LogP contribution in [-0.4, -0.2) is 12.1 Å². The second-order valence-corrected chi connectivity index (χ2v) is 6.68. The third kappa shape index (κ3) is 3.62. The van der Waals surface area contributed by atoms with Crippen LogP contribution < -0.4 is 5.43 Å². The van der Waals surface area contributed by atoms with Gasteiger partial charge in [-0.2, -0.15) is 5.10 Å². The molecule has 2 atom stereocenters. The van der Waals surface area contributed by atoms with Crippen molar-refractivity contribution in [3.63, 3.8) is 0 Å². The van der Waals surface area contributed by atoms with E-state index in [0.717, 1.165) is 35.7 Å². The van der Waals surface area contributed by atoms with Gasteiger partial charge in [-0.05, 0) is 55.2 Å². The van der Waals surface area contributed by atoms with Crippen LogP contribution in [0.3, 0.4) is 0 Å². The number of nitrogens with one attached hydrogen (secondary N) is 1. The lowest BCUT2D eigenvalue weighted by atomic mass is 10.1. The molecule has 3 rings (SSSR count). The summed E-state index contributed by atoms with van der Waals surface area (Å²) in [4.78, 5) is 12.2. The highest BCUT2D eigenvalue weighted by Crippen LogP contribution is 2.52. The molecular formula is C17H19BrN2O. The number of amides is 1. The van der Waals surface area contributed by atoms with Crippen molar-refractivity contribution in [2.45, 2.75) is 25.7 Å². The van der Waals surface area contributed by atoms with Crippen LogP contribution in [0.1, 0.15) is 31.2 Å². The van der Waals surface area contributed by atoms with Crippen LogP contribution in [-0.2, 0) is 4.79 Å². The number of allylic oxidation sites excluding steroid dienone is 2. The third-order valence-corrected chi connectivity index (χ3v) is 4.92. The largest absolute Gasteiger partial charge is 0.273 e. The molecule has 1 fully saturated rings. The first-order chi connectivity index (χ1) is 10.3. The summed E-state index contributed by atoms with van der Waals surface area (Å²) in [5.74, 6) is 1.39. The van der Waals surface area contributed by atoms with E-state index in [0.29, 0.717) is 11.8 Å². The lowest BCUT2D eigenvalue weighted by Gasteiger charge is -1.99. The van der Waals surface area contributed by atoms with E-state index in [-0.39, 0.29) is 11.8 Å². The molecule has 21 heavy (non-hydrogen) atoms. The van der Waals surface area contributed by atoms with Gasteiger partial charge in [-0.15, -0.1) is 0 Å². The van der Waals surface area contributed by atoms with Crippen LogP contribution in [0, 0.1) is 17.8 Å². The fourth-order valence-corrected chi connectivity index (χ4v) is 3.49. The lowest BCUT2D eigenvalue weighted by Crippen LogP contribution is -2.21. The van der Waals surface area contributed by atoms with Gasteiger partial charge >= 0.3 is 0 Å². The molecule has 0 aliphatic heterocycles. The lowest BCUT2D eigenvalue weighted by molar-refractivity contribution is -0.122. The fraction of sp³-hybridized carbons (Fsp3) is 0.412. The van der Waals surface area contributed by atoms with Crippen LogP contribution >= 0.6 is 15.9 Å². The molecule has 1 aromatic carbocycles. The van der Waals surface area contributed by atoms with E-state index < -0.39 is 0 Å². The standard InChI is InChI=1S/C17H19BrN2O/c18-13-9-7-12(8-10-13)11-19-20-17(21)16-14-5-3-1-2-4-6-15(14)16/h1-2,7-11,14-16H,3-6H2,(H,20,21)/b2-1?,19-11-/t14-,15-/m1/s1. The normalized spacial score (nSPS) is 27.8. The zero-order chi connectivity index (χ0) is 14.7. The summed E-state index contributed by atoms with van der Waals surface area (Å²) < 4.78 is 1.03. The predicted molar refractivity (Wildman–Crippen MR) is 88.0 cm³/mol. The molecule has 2 aliphatic rings. The highest BCUT2D eigenvalue weighted by molar-refractivity contribution is 9.10. The Bertz CT molecular complexity index is 549. The van der Waals surface area contributed by atoms with Gasteiger partial charge in [0.25, 0.3) is 0 Å². The summed E-state index contributed by atoms with van der Waals surface area (Å²) >= 11 is 3.39. The Morgan fingerprint density at radius 1 is 1.14 bits per heavy atom. The third-order valence-electron chi connectivity index (χ3n) is 4.39. The van der Waals surface area contributed by atoms with Crippen molar-refractivity contribution < 1.29 is 4.79 Å². The van der Waals surface area contributed by atoms with Gasteiger partial charge in [0, 0.05) is 10.4 Å². The van der Waals surface area contributed by atoms with Crippen molar-refractivity contribution in [1.29, 1.82) is 0 Å². The molecule has 1 aromatic rings. The number of benzene rings is 1. The predicted octanol–water partition coefficient (Wildman–Crippen LogP) is 3.89. The van der Waals surface area contributed by atoms with E-state index in [1.54, 1.807) is 6.21 Å². The molecule has 0 unspecified atom stereocenters. The van der Waals surface area contributed by atoms with Gasteiger partial charge in [0.1, 0.15) is 0 Å². The number of halogens is 1. The number of carbonyl (C=O) groups excluding carboxylic acids is 1. The van der Waals surface area contributed by atoms with Gasteiger partial charge in [0.15, 0.2) is 0 Å². The van der Waals surface area contributed by atoms with Crippen LogP contribution in [0.4, 0.5) is 0 Å².